The van der Waals surface area contributed by atoms with Crippen LogP contribution in [0.5, 0.6) is 0 Å². The van der Waals surface area contributed by atoms with Crippen molar-refractivity contribution in [2.24, 2.45) is 0 Å². The molecule has 0 spiro atoms. The third-order valence-corrected chi connectivity index (χ3v) is 9.49. The van der Waals surface area contributed by atoms with Crippen molar-refractivity contribution in [3.05, 3.63) is 152 Å². The number of furan rings is 1. The monoisotopic (exact) mass is 607 g/mol. The van der Waals surface area contributed by atoms with E-state index >= 15 is 0 Å². The zero-order chi connectivity index (χ0) is 30.5. The van der Waals surface area contributed by atoms with Crippen molar-refractivity contribution < 1.29 is 4.42 Å². The highest BCUT2D eigenvalue weighted by molar-refractivity contribution is 7.25. The van der Waals surface area contributed by atoms with Crippen LogP contribution in [0.25, 0.3) is 87.8 Å². The predicted octanol–water partition coefficient (Wildman–Crippen LogP) is 11.3. The number of para-hydroxylation sites is 1. The van der Waals surface area contributed by atoms with Gasteiger partial charge in [0.2, 0.25) is 0 Å². The molecule has 0 aliphatic heterocycles. The molecule has 3 heterocycles. The molecule has 0 aliphatic carbocycles. The molecule has 5 heteroatoms. The minimum Gasteiger partial charge on any atom is -0.456 e. The smallest absolute Gasteiger partial charge is 0.164 e. The van der Waals surface area contributed by atoms with Crippen LogP contribution >= 0.6 is 11.3 Å². The molecule has 0 fully saturated rings. The first kappa shape index (κ1) is 26.5. The van der Waals surface area contributed by atoms with Gasteiger partial charge in [0, 0.05) is 47.8 Å². The maximum Gasteiger partial charge on any atom is 0.164 e. The Bertz CT molecular complexity index is 2500. The summed E-state index contributed by atoms with van der Waals surface area (Å²) in [7, 11) is 0. The zero-order valence-corrected chi connectivity index (χ0v) is 25.4. The standard InChI is InChI=1S/C41H25N3OS/c1-2-9-26(10-3-1)29-12-8-13-31(23-29)40-42-39(28-19-17-27(18-20-28)36-24-30-11-4-6-15-35(30)45-36)43-41(44-40)32-21-22-34-33-14-5-7-16-37(33)46-38(34)25-32/h1-25H. The Labute approximate surface area is 269 Å². The highest BCUT2D eigenvalue weighted by Gasteiger charge is 2.15. The molecule has 9 aromatic rings. The Morgan fingerprint density at radius 3 is 1.83 bits per heavy atom. The van der Waals surface area contributed by atoms with E-state index in [1.165, 1.54) is 20.2 Å². The van der Waals surface area contributed by atoms with Gasteiger partial charge >= 0.3 is 0 Å². The summed E-state index contributed by atoms with van der Waals surface area (Å²) in [6.45, 7) is 0. The third-order valence-electron chi connectivity index (χ3n) is 8.35. The quantitative estimate of drug-likeness (QED) is 0.195. The molecule has 46 heavy (non-hydrogen) atoms. The number of thiophene rings is 1. The van der Waals surface area contributed by atoms with Gasteiger partial charge in [-0.15, -0.1) is 11.3 Å². The van der Waals surface area contributed by atoms with Crippen LogP contribution in [0.3, 0.4) is 0 Å². The van der Waals surface area contributed by atoms with Gasteiger partial charge < -0.3 is 4.42 Å². The largest absolute Gasteiger partial charge is 0.456 e. The van der Waals surface area contributed by atoms with Crippen molar-refractivity contribution in [1.29, 1.82) is 0 Å². The van der Waals surface area contributed by atoms with E-state index in [4.69, 9.17) is 19.4 Å². The van der Waals surface area contributed by atoms with Gasteiger partial charge in [0.15, 0.2) is 17.5 Å². The van der Waals surface area contributed by atoms with Crippen molar-refractivity contribution in [3.8, 4) is 56.6 Å². The molecule has 6 aromatic carbocycles. The topological polar surface area (TPSA) is 51.8 Å². The van der Waals surface area contributed by atoms with Gasteiger partial charge in [0.25, 0.3) is 0 Å². The summed E-state index contributed by atoms with van der Waals surface area (Å²) in [5, 5.41) is 3.60. The van der Waals surface area contributed by atoms with E-state index in [1.54, 1.807) is 11.3 Å². The first-order valence-electron chi connectivity index (χ1n) is 15.2. The van der Waals surface area contributed by atoms with E-state index < -0.39 is 0 Å². The number of fused-ring (bicyclic) bond motifs is 4. The number of aromatic nitrogens is 3. The highest BCUT2D eigenvalue weighted by Crippen LogP contribution is 2.37. The van der Waals surface area contributed by atoms with Gasteiger partial charge in [-0.3, -0.25) is 0 Å². The summed E-state index contributed by atoms with van der Waals surface area (Å²) >= 11 is 1.79. The fourth-order valence-electron chi connectivity index (χ4n) is 6.00. The van der Waals surface area contributed by atoms with Crippen molar-refractivity contribution in [2.45, 2.75) is 0 Å². The van der Waals surface area contributed by atoms with Crippen molar-refractivity contribution in [2.75, 3.05) is 0 Å². The molecule has 0 radical (unpaired) electrons. The van der Waals surface area contributed by atoms with Crippen LogP contribution in [0, 0.1) is 0 Å². The molecule has 9 rings (SSSR count). The molecule has 0 N–H and O–H groups in total. The van der Waals surface area contributed by atoms with E-state index in [1.807, 2.05) is 24.3 Å². The number of rotatable bonds is 5. The van der Waals surface area contributed by atoms with Gasteiger partial charge in [-0.1, -0.05) is 121 Å². The van der Waals surface area contributed by atoms with Crippen LogP contribution in [0.4, 0.5) is 0 Å². The van der Waals surface area contributed by atoms with Crippen LogP contribution in [0.1, 0.15) is 0 Å². The Balaban J connectivity index is 1.17. The van der Waals surface area contributed by atoms with Gasteiger partial charge in [-0.25, -0.2) is 15.0 Å². The molecular formula is C41H25N3OS. The molecule has 0 unspecified atom stereocenters. The summed E-state index contributed by atoms with van der Waals surface area (Å²) < 4.78 is 8.60. The van der Waals surface area contributed by atoms with E-state index in [9.17, 15) is 0 Å². The van der Waals surface area contributed by atoms with Crippen LogP contribution in [0.15, 0.2) is 156 Å². The fourth-order valence-corrected chi connectivity index (χ4v) is 7.15. The molecule has 0 amide bonds. The second-order valence-corrected chi connectivity index (χ2v) is 12.4. The number of hydrogen-bond donors (Lipinski definition) is 0. The highest BCUT2D eigenvalue weighted by atomic mass is 32.1. The van der Waals surface area contributed by atoms with Gasteiger partial charge in [0.1, 0.15) is 11.3 Å². The zero-order valence-electron chi connectivity index (χ0n) is 24.6. The first-order chi connectivity index (χ1) is 22.7. The third kappa shape index (κ3) is 4.74. The van der Waals surface area contributed by atoms with Gasteiger partial charge in [-0.05, 0) is 41.5 Å². The summed E-state index contributed by atoms with van der Waals surface area (Å²) in [5.41, 5.74) is 6.95. The Kier molecular flexibility index (Phi) is 6.28. The van der Waals surface area contributed by atoms with E-state index in [2.05, 4.69) is 127 Å². The lowest BCUT2D eigenvalue weighted by Gasteiger charge is -2.10. The van der Waals surface area contributed by atoms with Crippen molar-refractivity contribution >= 4 is 42.5 Å². The summed E-state index contributed by atoms with van der Waals surface area (Å²) in [5.74, 6) is 2.73. The Morgan fingerprint density at radius 1 is 0.391 bits per heavy atom. The second-order valence-electron chi connectivity index (χ2n) is 11.3. The van der Waals surface area contributed by atoms with E-state index in [0.717, 1.165) is 50.1 Å². The Hall–Kier alpha value is -5.91. The molecule has 4 nitrogen and oxygen atoms in total. The van der Waals surface area contributed by atoms with Crippen LogP contribution in [0.2, 0.25) is 0 Å². The van der Waals surface area contributed by atoms with E-state index in [-0.39, 0.29) is 0 Å². The predicted molar refractivity (Wildman–Crippen MR) is 190 cm³/mol. The number of hydrogen-bond acceptors (Lipinski definition) is 5. The number of benzene rings is 6. The molecule has 216 valence electrons. The van der Waals surface area contributed by atoms with Gasteiger partial charge in [0.05, 0.1) is 0 Å². The number of nitrogens with zero attached hydrogens (tertiary/aromatic N) is 3. The molecule has 0 saturated carbocycles. The first-order valence-corrected chi connectivity index (χ1v) is 16.0. The molecule has 0 saturated heterocycles. The minimum atomic E-state index is 0.623. The molecule has 0 atom stereocenters. The lowest BCUT2D eigenvalue weighted by atomic mass is 10.0. The SMILES string of the molecule is c1ccc(-c2cccc(-c3nc(-c4ccc(-c5cc6ccccc6o5)cc4)nc(-c4ccc5c(c4)sc4ccccc45)n3)c2)cc1. The van der Waals surface area contributed by atoms with Crippen molar-refractivity contribution in [1.82, 2.24) is 15.0 Å². The summed E-state index contributed by atoms with van der Waals surface area (Å²) in [6.07, 6.45) is 0. The van der Waals surface area contributed by atoms with Crippen LogP contribution in [-0.4, -0.2) is 15.0 Å². The van der Waals surface area contributed by atoms with E-state index in [0.29, 0.717) is 17.5 Å². The average molecular weight is 608 g/mol. The molecule has 3 aromatic heterocycles. The summed E-state index contributed by atoms with van der Waals surface area (Å²) in [6, 6.07) is 52.2. The molecule has 0 bridgehead atoms. The molecular weight excluding hydrogens is 583 g/mol. The second kappa shape index (κ2) is 10.9. The average Bonchev–Trinajstić information content (AvgIpc) is 3.73. The normalized spacial score (nSPS) is 11.5. The van der Waals surface area contributed by atoms with Crippen LogP contribution in [-0.2, 0) is 0 Å². The molecule has 0 aliphatic rings. The Morgan fingerprint density at radius 2 is 1.00 bits per heavy atom. The van der Waals surface area contributed by atoms with Crippen LogP contribution < -0.4 is 0 Å². The fraction of sp³-hybridized carbons (Fsp3) is 0. The van der Waals surface area contributed by atoms with Crippen molar-refractivity contribution in [3.63, 3.8) is 0 Å². The summed E-state index contributed by atoms with van der Waals surface area (Å²) in [4.78, 5) is 15.1. The lowest BCUT2D eigenvalue weighted by molar-refractivity contribution is 0.631. The van der Waals surface area contributed by atoms with Gasteiger partial charge in [-0.2, -0.15) is 0 Å². The minimum absolute atomic E-state index is 0.623. The lowest BCUT2D eigenvalue weighted by Crippen LogP contribution is -2.00. The maximum absolute atomic E-state index is 6.12. The maximum atomic E-state index is 6.12.